The maximum absolute atomic E-state index is 3.21. The van der Waals surface area contributed by atoms with Gasteiger partial charge in [0.25, 0.3) is 0 Å². The molecule has 0 aromatic rings. The summed E-state index contributed by atoms with van der Waals surface area (Å²) in [6, 6.07) is 5.95. The maximum atomic E-state index is 3.21. The van der Waals surface area contributed by atoms with Crippen molar-refractivity contribution >= 4 is 8.07 Å². The molecule has 1 heteroatoms. The summed E-state index contributed by atoms with van der Waals surface area (Å²) in [6.07, 6.45) is 3.76. The average molecular weight is 204 g/mol. The van der Waals surface area contributed by atoms with Crippen molar-refractivity contribution in [2.75, 3.05) is 0 Å². The first-order valence-corrected chi connectivity index (χ1v) is 8.45. The summed E-state index contributed by atoms with van der Waals surface area (Å²) < 4.78 is 0. The van der Waals surface area contributed by atoms with Crippen LogP contribution in [-0.4, -0.2) is 8.07 Å². The molecule has 76 valence electrons. The Labute approximate surface area is 89.5 Å². The van der Waals surface area contributed by atoms with Crippen molar-refractivity contribution in [1.29, 1.82) is 0 Å². The van der Waals surface area contributed by atoms with E-state index in [1.165, 1.54) is 18.5 Å². The predicted molar refractivity (Wildman–Crippen MR) is 65.7 cm³/mol. The van der Waals surface area contributed by atoms with Gasteiger partial charge >= 0.3 is 0 Å². The van der Waals surface area contributed by atoms with E-state index in [4.69, 9.17) is 0 Å². The van der Waals surface area contributed by atoms with Crippen LogP contribution in [0.25, 0.3) is 0 Å². The molecule has 0 nitrogen and oxygen atoms in total. The molecule has 0 radical (unpaired) electrons. The molecule has 0 amide bonds. The molecule has 14 heavy (non-hydrogen) atoms. The van der Waals surface area contributed by atoms with Crippen molar-refractivity contribution in [2.45, 2.75) is 57.3 Å². The van der Waals surface area contributed by atoms with Gasteiger partial charge in [-0.3, -0.25) is 0 Å². The van der Waals surface area contributed by atoms with Crippen molar-refractivity contribution in [3.05, 3.63) is 0 Å². The molecule has 0 saturated carbocycles. The highest BCUT2D eigenvalue weighted by Gasteiger charge is 2.37. The number of hydrogen-bond donors (Lipinski definition) is 0. The average Bonchev–Trinajstić information content (AvgIpc) is 2.13. The highest BCUT2D eigenvalue weighted by Crippen LogP contribution is 2.40. The molecule has 0 spiro atoms. The van der Waals surface area contributed by atoms with Crippen LogP contribution in [0.3, 0.4) is 0 Å². The molecule has 0 unspecified atom stereocenters. The number of rotatable bonds is 4. The molecule has 0 aromatic carbocycles. The molecular formula is C13H20Si. The lowest BCUT2D eigenvalue weighted by atomic mass is 10.4. The van der Waals surface area contributed by atoms with Crippen LogP contribution in [0.15, 0.2) is 0 Å². The minimum atomic E-state index is -0.822. The van der Waals surface area contributed by atoms with Crippen molar-refractivity contribution in [1.82, 2.24) is 0 Å². The SMILES string of the molecule is CC#CCC[Si]1(CCC#CC)CCC1. The van der Waals surface area contributed by atoms with Crippen LogP contribution < -0.4 is 0 Å². The van der Waals surface area contributed by atoms with E-state index < -0.39 is 8.07 Å². The van der Waals surface area contributed by atoms with Gasteiger partial charge in [0.2, 0.25) is 0 Å². The van der Waals surface area contributed by atoms with Gasteiger partial charge in [0.1, 0.15) is 0 Å². The zero-order valence-corrected chi connectivity index (χ0v) is 10.4. The molecular weight excluding hydrogens is 184 g/mol. The lowest BCUT2D eigenvalue weighted by Gasteiger charge is -2.39. The van der Waals surface area contributed by atoms with Crippen LogP contribution in [-0.2, 0) is 0 Å². The van der Waals surface area contributed by atoms with Crippen LogP contribution in [0.2, 0.25) is 24.2 Å². The third-order valence-corrected chi connectivity index (χ3v) is 8.78. The lowest BCUT2D eigenvalue weighted by molar-refractivity contribution is 0.842. The summed E-state index contributed by atoms with van der Waals surface area (Å²) in [5.74, 6) is 12.4. The van der Waals surface area contributed by atoms with E-state index in [-0.39, 0.29) is 0 Å². The van der Waals surface area contributed by atoms with E-state index >= 15 is 0 Å². The molecule has 1 aliphatic heterocycles. The second kappa shape index (κ2) is 5.94. The summed E-state index contributed by atoms with van der Waals surface area (Å²) in [6.45, 7) is 3.88. The quantitative estimate of drug-likeness (QED) is 0.484. The third-order valence-electron chi connectivity index (χ3n) is 3.33. The zero-order valence-electron chi connectivity index (χ0n) is 9.45. The Bertz CT molecular complexity index is 252. The van der Waals surface area contributed by atoms with E-state index in [0.717, 1.165) is 12.8 Å². The Morgan fingerprint density at radius 1 is 0.929 bits per heavy atom. The van der Waals surface area contributed by atoms with Gasteiger partial charge in [-0.25, -0.2) is 0 Å². The van der Waals surface area contributed by atoms with Crippen molar-refractivity contribution in [2.24, 2.45) is 0 Å². The van der Waals surface area contributed by atoms with Crippen LogP contribution in [0.5, 0.6) is 0 Å². The lowest BCUT2D eigenvalue weighted by Crippen LogP contribution is -2.40. The summed E-state index contributed by atoms with van der Waals surface area (Å²) in [5, 5.41) is 0. The predicted octanol–water partition coefficient (Wildman–Crippen LogP) is 3.67. The van der Waals surface area contributed by atoms with E-state index in [2.05, 4.69) is 23.7 Å². The molecule has 1 heterocycles. The van der Waals surface area contributed by atoms with Gasteiger partial charge in [0.05, 0.1) is 8.07 Å². The van der Waals surface area contributed by atoms with Gasteiger partial charge < -0.3 is 0 Å². The highest BCUT2D eigenvalue weighted by atomic mass is 28.3. The van der Waals surface area contributed by atoms with E-state index in [0.29, 0.717) is 0 Å². The second-order valence-electron chi connectivity index (χ2n) is 4.21. The Balaban J connectivity index is 2.30. The van der Waals surface area contributed by atoms with Gasteiger partial charge in [0, 0.05) is 12.8 Å². The van der Waals surface area contributed by atoms with Crippen LogP contribution in [0.1, 0.15) is 33.1 Å². The molecule has 0 N–H and O–H groups in total. The van der Waals surface area contributed by atoms with Crippen LogP contribution >= 0.6 is 0 Å². The van der Waals surface area contributed by atoms with Crippen molar-refractivity contribution < 1.29 is 0 Å². The monoisotopic (exact) mass is 204 g/mol. The van der Waals surface area contributed by atoms with Crippen molar-refractivity contribution in [3.63, 3.8) is 0 Å². The minimum Gasteiger partial charge on any atom is -0.107 e. The third kappa shape index (κ3) is 3.24. The summed E-state index contributed by atoms with van der Waals surface area (Å²) >= 11 is 0. The van der Waals surface area contributed by atoms with Crippen LogP contribution in [0.4, 0.5) is 0 Å². The maximum Gasteiger partial charge on any atom is 0.0554 e. The molecule has 0 aliphatic carbocycles. The fourth-order valence-corrected chi connectivity index (χ4v) is 6.12. The van der Waals surface area contributed by atoms with Gasteiger partial charge in [-0.15, -0.1) is 23.7 Å². The minimum absolute atomic E-state index is 0.822. The Morgan fingerprint density at radius 3 is 1.71 bits per heavy atom. The van der Waals surface area contributed by atoms with E-state index in [1.54, 1.807) is 12.1 Å². The molecule has 1 rings (SSSR count). The first kappa shape index (κ1) is 11.4. The van der Waals surface area contributed by atoms with E-state index in [1.807, 2.05) is 13.8 Å². The van der Waals surface area contributed by atoms with Gasteiger partial charge in [0.15, 0.2) is 0 Å². The topological polar surface area (TPSA) is 0 Å². The smallest absolute Gasteiger partial charge is 0.0554 e. The van der Waals surface area contributed by atoms with Crippen LogP contribution in [0, 0.1) is 23.7 Å². The van der Waals surface area contributed by atoms with Gasteiger partial charge in [-0.1, -0.05) is 18.5 Å². The normalized spacial score (nSPS) is 17.0. The summed E-state index contributed by atoms with van der Waals surface area (Å²) in [4.78, 5) is 0. The van der Waals surface area contributed by atoms with Gasteiger partial charge in [-0.05, 0) is 25.9 Å². The Morgan fingerprint density at radius 2 is 1.43 bits per heavy atom. The Kier molecular flexibility index (Phi) is 4.84. The fourth-order valence-electron chi connectivity index (χ4n) is 2.21. The Hall–Kier alpha value is -0.663. The first-order valence-electron chi connectivity index (χ1n) is 5.62. The molecule has 0 atom stereocenters. The first-order chi connectivity index (χ1) is 6.83. The summed E-state index contributed by atoms with van der Waals surface area (Å²) in [7, 11) is -0.822. The van der Waals surface area contributed by atoms with Gasteiger partial charge in [-0.2, -0.15) is 0 Å². The standard InChI is InChI=1S/C13H20Si/c1-3-5-7-10-14(12-9-13-14)11-8-6-4-2/h7-13H2,1-2H3. The fraction of sp³-hybridized carbons (Fsp3) is 0.692. The second-order valence-corrected chi connectivity index (χ2v) is 9.21. The summed E-state index contributed by atoms with van der Waals surface area (Å²) in [5.41, 5.74) is 0. The van der Waals surface area contributed by atoms with Crippen molar-refractivity contribution in [3.8, 4) is 23.7 Å². The highest BCUT2D eigenvalue weighted by molar-refractivity contribution is 6.82. The zero-order chi connectivity index (χ0) is 10.3. The number of hydrogen-bond acceptors (Lipinski definition) is 0. The molecule has 0 bridgehead atoms. The molecule has 1 aliphatic rings. The van der Waals surface area contributed by atoms with E-state index in [9.17, 15) is 0 Å². The largest absolute Gasteiger partial charge is 0.107 e. The molecule has 0 aromatic heterocycles. The molecule has 1 fully saturated rings. The molecule has 1 saturated heterocycles.